The van der Waals surface area contributed by atoms with E-state index in [-0.39, 0.29) is 17.2 Å². The molecule has 3 heterocycles. The van der Waals surface area contributed by atoms with Gasteiger partial charge in [-0.3, -0.25) is 4.68 Å². The highest BCUT2D eigenvalue weighted by molar-refractivity contribution is 6.62. The summed E-state index contributed by atoms with van der Waals surface area (Å²) in [5, 5.41) is 13.6. The van der Waals surface area contributed by atoms with Crippen molar-refractivity contribution in [1.29, 1.82) is 0 Å². The van der Waals surface area contributed by atoms with Gasteiger partial charge in [0.05, 0.1) is 17.2 Å². The molecule has 1 unspecified atom stereocenters. The molecule has 0 radical (unpaired) electrons. The van der Waals surface area contributed by atoms with Crippen LogP contribution in [0.25, 0.3) is 0 Å². The van der Waals surface area contributed by atoms with Gasteiger partial charge in [-0.15, -0.1) is 0 Å². The second kappa shape index (κ2) is 5.52. The standard InChI is InChI=1S/C15H24BN3O4/c1-14(2)15(3,4)23-16(22-14)11-8-17-19(9-11)12-6-5-7-18(10-12)13(20)21/h8-9,12H,5-7,10H2,1-4H3,(H,20,21). The largest absolute Gasteiger partial charge is 0.498 e. The van der Waals surface area contributed by atoms with Crippen molar-refractivity contribution in [3.05, 3.63) is 12.4 Å². The molecule has 1 aromatic heterocycles. The smallest absolute Gasteiger partial charge is 0.465 e. The minimum Gasteiger partial charge on any atom is -0.465 e. The van der Waals surface area contributed by atoms with Crippen LogP contribution in [0.3, 0.4) is 0 Å². The minimum absolute atomic E-state index is 0.0658. The van der Waals surface area contributed by atoms with E-state index in [0.29, 0.717) is 13.1 Å². The normalized spacial score (nSPS) is 26.5. The molecule has 1 amide bonds. The highest BCUT2D eigenvalue weighted by atomic mass is 16.7. The molecule has 0 spiro atoms. The van der Waals surface area contributed by atoms with Crippen LogP contribution in [0, 0.1) is 0 Å². The van der Waals surface area contributed by atoms with E-state index in [9.17, 15) is 4.79 Å². The first kappa shape index (κ1) is 16.3. The molecule has 3 rings (SSSR count). The van der Waals surface area contributed by atoms with Crippen LogP contribution >= 0.6 is 0 Å². The Kier molecular flexibility index (Phi) is 3.92. The molecule has 7 nitrogen and oxygen atoms in total. The van der Waals surface area contributed by atoms with Gasteiger partial charge in [-0.1, -0.05) is 0 Å². The fourth-order valence-corrected chi connectivity index (χ4v) is 3.00. The molecule has 0 saturated carbocycles. The van der Waals surface area contributed by atoms with Crippen LogP contribution in [0.4, 0.5) is 4.79 Å². The Morgan fingerprint density at radius 1 is 1.35 bits per heavy atom. The van der Waals surface area contributed by atoms with E-state index in [1.54, 1.807) is 6.20 Å². The molecule has 0 bridgehead atoms. The first-order valence-corrected chi connectivity index (χ1v) is 8.07. The maximum Gasteiger partial charge on any atom is 0.498 e. The lowest BCUT2D eigenvalue weighted by atomic mass is 9.82. The van der Waals surface area contributed by atoms with E-state index >= 15 is 0 Å². The van der Waals surface area contributed by atoms with E-state index in [2.05, 4.69) is 5.10 Å². The summed E-state index contributed by atoms with van der Waals surface area (Å²) in [7, 11) is -0.437. The summed E-state index contributed by atoms with van der Waals surface area (Å²) < 4.78 is 13.9. The third-order valence-electron chi connectivity index (χ3n) is 5.19. The fourth-order valence-electron chi connectivity index (χ4n) is 3.00. The van der Waals surface area contributed by atoms with Gasteiger partial charge in [0.15, 0.2) is 0 Å². The molecule has 126 valence electrons. The minimum atomic E-state index is -0.868. The third kappa shape index (κ3) is 2.97. The molecule has 0 aliphatic carbocycles. The second-order valence-electron chi connectivity index (χ2n) is 7.37. The van der Waals surface area contributed by atoms with Crippen LogP contribution in [0.2, 0.25) is 0 Å². The van der Waals surface area contributed by atoms with Crippen LogP contribution in [0.1, 0.15) is 46.6 Å². The van der Waals surface area contributed by atoms with E-state index in [0.717, 1.165) is 18.3 Å². The lowest BCUT2D eigenvalue weighted by Gasteiger charge is -2.32. The molecular weight excluding hydrogens is 297 g/mol. The molecule has 1 aromatic rings. The zero-order valence-electron chi connectivity index (χ0n) is 14.2. The van der Waals surface area contributed by atoms with Crippen molar-refractivity contribution in [3.63, 3.8) is 0 Å². The third-order valence-corrected chi connectivity index (χ3v) is 5.19. The van der Waals surface area contributed by atoms with Gasteiger partial charge in [-0.2, -0.15) is 5.10 Å². The van der Waals surface area contributed by atoms with Crippen LogP contribution in [-0.2, 0) is 9.31 Å². The summed E-state index contributed by atoms with van der Waals surface area (Å²) >= 11 is 0. The van der Waals surface area contributed by atoms with Crippen molar-refractivity contribution in [3.8, 4) is 0 Å². The number of carbonyl (C=O) groups is 1. The molecule has 8 heteroatoms. The Hall–Kier alpha value is -1.54. The van der Waals surface area contributed by atoms with Crippen molar-refractivity contribution in [2.75, 3.05) is 13.1 Å². The number of hydrogen-bond donors (Lipinski definition) is 1. The van der Waals surface area contributed by atoms with Gasteiger partial charge < -0.3 is 19.3 Å². The number of piperidine rings is 1. The summed E-state index contributed by atoms with van der Waals surface area (Å²) in [5.41, 5.74) is 0.103. The molecule has 2 fully saturated rings. The summed E-state index contributed by atoms with van der Waals surface area (Å²) in [6.45, 7) is 9.14. The molecule has 1 N–H and O–H groups in total. The average Bonchev–Trinajstić information content (AvgIpc) is 3.02. The molecule has 23 heavy (non-hydrogen) atoms. The van der Waals surface area contributed by atoms with Gasteiger partial charge in [-0.25, -0.2) is 4.79 Å². The molecule has 0 aromatic carbocycles. The van der Waals surface area contributed by atoms with Gasteiger partial charge in [-0.05, 0) is 40.5 Å². The first-order valence-electron chi connectivity index (χ1n) is 8.07. The Morgan fingerprint density at radius 2 is 2.00 bits per heavy atom. The van der Waals surface area contributed by atoms with E-state index in [1.165, 1.54) is 4.90 Å². The summed E-state index contributed by atoms with van der Waals surface area (Å²) in [5.74, 6) is 0. The van der Waals surface area contributed by atoms with Crippen molar-refractivity contribution in [1.82, 2.24) is 14.7 Å². The molecular formula is C15H24BN3O4. The number of aromatic nitrogens is 2. The number of rotatable bonds is 2. The van der Waals surface area contributed by atoms with Gasteiger partial charge in [0.2, 0.25) is 0 Å². The molecule has 1 atom stereocenters. The van der Waals surface area contributed by atoms with Crippen molar-refractivity contribution in [2.45, 2.75) is 57.8 Å². The predicted molar refractivity (Wildman–Crippen MR) is 85.8 cm³/mol. The average molecular weight is 321 g/mol. The van der Waals surface area contributed by atoms with E-state index in [1.807, 2.05) is 38.6 Å². The van der Waals surface area contributed by atoms with E-state index < -0.39 is 13.2 Å². The number of likely N-dealkylation sites (tertiary alicyclic amines) is 1. The molecule has 2 saturated heterocycles. The lowest BCUT2D eigenvalue weighted by molar-refractivity contribution is 0.00578. The molecule has 2 aliphatic rings. The van der Waals surface area contributed by atoms with Crippen molar-refractivity contribution in [2.24, 2.45) is 0 Å². The Labute approximate surface area is 136 Å². The van der Waals surface area contributed by atoms with Crippen molar-refractivity contribution >= 4 is 18.7 Å². The highest BCUT2D eigenvalue weighted by Crippen LogP contribution is 2.36. The Morgan fingerprint density at radius 3 is 2.61 bits per heavy atom. The molecule has 2 aliphatic heterocycles. The summed E-state index contributed by atoms with van der Waals surface area (Å²) in [4.78, 5) is 12.6. The maximum absolute atomic E-state index is 11.1. The predicted octanol–water partition coefficient (Wildman–Crippen LogP) is 1.50. The Balaban J connectivity index is 1.73. The van der Waals surface area contributed by atoms with Gasteiger partial charge in [0, 0.05) is 30.9 Å². The number of amides is 1. The van der Waals surface area contributed by atoms with E-state index in [4.69, 9.17) is 14.4 Å². The number of hydrogen-bond acceptors (Lipinski definition) is 4. The highest BCUT2D eigenvalue weighted by Gasteiger charge is 2.52. The van der Waals surface area contributed by atoms with Crippen molar-refractivity contribution < 1.29 is 19.2 Å². The van der Waals surface area contributed by atoms with Crippen LogP contribution < -0.4 is 5.46 Å². The van der Waals surface area contributed by atoms with Crippen LogP contribution in [-0.4, -0.2) is 57.3 Å². The lowest BCUT2D eigenvalue weighted by Crippen LogP contribution is -2.41. The van der Waals surface area contributed by atoms with Gasteiger partial charge in [0.1, 0.15) is 0 Å². The maximum atomic E-state index is 11.1. The number of carboxylic acid groups (broad SMARTS) is 1. The summed E-state index contributed by atoms with van der Waals surface area (Å²) in [6, 6.07) is 0.0658. The SMILES string of the molecule is CC1(C)OB(c2cnn(C3CCCN(C(=O)O)C3)c2)OC1(C)C. The summed E-state index contributed by atoms with van der Waals surface area (Å²) in [6.07, 6.45) is 4.57. The number of nitrogens with zero attached hydrogens (tertiary/aromatic N) is 3. The zero-order valence-corrected chi connectivity index (χ0v) is 14.2. The topological polar surface area (TPSA) is 76.8 Å². The fraction of sp³-hybridized carbons (Fsp3) is 0.733. The Bertz CT molecular complexity index is 585. The first-order chi connectivity index (χ1) is 10.7. The van der Waals surface area contributed by atoms with Crippen LogP contribution in [0.15, 0.2) is 12.4 Å². The van der Waals surface area contributed by atoms with Crippen LogP contribution in [0.5, 0.6) is 0 Å². The zero-order chi connectivity index (χ0) is 16.8. The second-order valence-corrected chi connectivity index (χ2v) is 7.37. The monoisotopic (exact) mass is 321 g/mol. The van der Waals surface area contributed by atoms with Gasteiger partial charge in [0.25, 0.3) is 0 Å². The quantitative estimate of drug-likeness (QED) is 0.835. The van der Waals surface area contributed by atoms with Gasteiger partial charge >= 0.3 is 13.2 Å².